The Kier molecular flexibility index (Phi) is 6.41. The quantitative estimate of drug-likeness (QED) is 0.358. The first-order valence-corrected chi connectivity index (χ1v) is 13.4. The highest BCUT2D eigenvalue weighted by Gasteiger charge is 2.52. The highest BCUT2D eigenvalue weighted by Crippen LogP contribution is 2.64. The van der Waals surface area contributed by atoms with Crippen molar-refractivity contribution in [2.45, 2.75) is 51.6 Å². The normalized spacial score (nSPS) is 23.4. The second kappa shape index (κ2) is 9.86. The summed E-state index contributed by atoms with van der Waals surface area (Å²) in [5.74, 6) is 2.71. The number of aryl methyl sites for hydroxylation is 2. The van der Waals surface area contributed by atoms with Crippen molar-refractivity contribution >= 4 is 5.97 Å². The second-order valence-electron chi connectivity index (χ2n) is 11.0. The molecule has 192 valence electrons. The van der Waals surface area contributed by atoms with Crippen molar-refractivity contribution < 1.29 is 24.1 Å². The Morgan fingerprint density at radius 2 is 1.84 bits per heavy atom. The molecule has 2 aliphatic carbocycles. The zero-order chi connectivity index (χ0) is 25.5. The fourth-order valence-corrected chi connectivity index (χ4v) is 6.37. The fourth-order valence-electron chi connectivity index (χ4n) is 6.37. The smallest absolute Gasteiger partial charge is 0.303 e. The number of carboxylic acids is 1. The number of benzene rings is 3. The van der Waals surface area contributed by atoms with Gasteiger partial charge in [-0.2, -0.15) is 0 Å². The van der Waals surface area contributed by atoms with Crippen LogP contribution in [0, 0.1) is 25.7 Å². The summed E-state index contributed by atoms with van der Waals surface area (Å²) in [5.41, 5.74) is 8.42. The van der Waals surface area contributed by atoms with Gasteiger partial charge in [-0.25, -0.2) is 0 Å². The SMILES string of the molecule is Cc1cc(OCC2CCOC2)cc(C)c1-c1cccc(COc2ccc3c(c2)C2CC2C3CC(=O)O)c1. The molecule has 3 aromatic rings. The molecule has 3 aromatic carbocycles. The number of rotatable bonds is 9. The first kappa shape index (κ1) is 24.1. The molecule has 1 heterocycles. The molecule has 4 atom stereocenters. The molecule has 5 nitrogen and oxygen atoms in total. The standard InChI is InChI=1S/C32H34O5/c1-19-10-25(37-18-22-8-9-35-16-22)11-20(2)32(19)23-5-3-4-21(12-23)17-36-24-6-7-26-27(13-24)28-14-29(28)30(26)15-31(33)34/h3-7,10-13,22,28-30H,8-9,14-18H2,1-2H3,(H,33,34). The zero-order valence-electron chi connectivity index (χ0n) is 21.5. The lowest BCUT2D eigenvalue weighted by Crippen LogP contribution is -2.11. The molecule has 37 heavy (non-hydrogen) atoms. The number of ether oxygens (including phenoxy) is 3. The molecule has 1 aliphatic heterocycles. The molecular formula is C32H34O5. The van der Waals surface area contributed by atoms with Crippen molar-refractivity contribution in [3.05, 3.63) is 82.4 Å². The minimum absolute atomic E-state index is 0.156. The summed E-state index contributed by atoms with van der Waals surface area (Å²) in [6.07, 6.45) is 2.40. The van der Waals surface area contributed by atoms with E-state index in [1.54, 1.807) is 0 Å². The van der Waals surface area contributed by atoms with Crippen LogP contribution in [0.4, 0.5) is 0 Å². The van der Waals surface area contributed by atoms with Crippen LogP contribution in [0.25, 0.3) is 11.1 Å². The number of carboxylic acid groups (broad SMARTS) is 1. The van der Waals surface area contributed by atoms with Crippen molar-refractivity contribution in [3.8, 4) is 22.6 Å². The molecule has 0 spiro atoms. The Morgan fingerprint density at radius 3 is 2.59 bits per heavy atom. The molecular weight excluding hydrogens is 464 g/mol. The molecule has 0 bridgehead atoms. The minimum Gasteiger partial charge on any atom is -0.493 e. The van der Waals surface area contributed by atoms with Crippen LogP contribution in [0.2, 0.25) is 0 Å². The number of aliphatic carboxylic acids is 1. The minimum atomic E-state index is -0.712. The van der Waals surface area contributed by atoms with E-state index in [9.17, 15) is 9.90 Å². The fraction of sp³-hybridized carbons (Fsp3) is 0.406. The molecule has 0 amide bonds. The molecule has 1 saturated heterocycles. The average Bonchev–Trinajstić information content (AvgIpc) is 3.38. The van der Waals surface area contributed by atoms with Gasteiger partial charge < -0.3 is 19.3 Å². The number of fused-ring (bicyclic) bond motifs is 3. The van der Waals surface area contributed by atoms with Gasteiger partial charge in [-0.15, -0.1) is 0 Å². The van der Waals surface area contributed by atoms with E-state index in [-0.39, 0.29) is 12.3 Å². The molecule has 6 rings (SSSR count). The molecule has 1 saturated carbocycles. The second-order valence-corrected chi connectivity index (χ2v) is 11.0. The number of carbonyl (C=O) groups is 1. The van der Waals surface area contributed by atoms with Crippen LogP contribution in [0.5, 0.6) is 11.5 Å². The van der Waals surface area contributed by atoms with Crippen molar-refractivity contribution in [1.82, 2.24) is 0 Å². The molecule has 2 fully saturated rings. The summed E-state index contributed by atoms with van der Waals surface area (Å²) >= 11 is 0. The van der Waals surface area contributed by atoms with Gasteiger partial charge in [-0.1, -0.05) is 24.3 Å². The lowest BCUT2D eigenvalue weighted by atomic mass is 9.93. The van der Waals surface area contributed by atoms with Crippen molar-refractivity contribution in [1.29, 1.82) is 0 Å². The van der Waals surface area contributed by atoms with Crippen molar-refractivity contribution in [2.75, 3.05) is 19.8 Å². The maximum Gasteiger partial charge on any atom is 0.303 e. The summed E-state index contributed by atoms with van der Waals surface area (Å²) in [4.78, 5) is 11.3. The van der Waals surface area contributed by atoms with Crippen LogP contribution in [0.3, 0.4) is 0 Å². The molecule has 0 aromatic heterocycles. The van der Waals surface area contributed by atoms with Crippen molar-refractivity contribution in [2.24, 2.45) is 11.8 Å². The van der Waals surface area contributed by atoms with Gasteiger partial charge in [0.05, 0.1) is 19.6 Å². The van der Waals surface area contributed by atoms with E-state index >= 15 is 0 Å². The summed E-state index contributed by atoms with van der Waals surface area (Å²) < 4.78 is 17.8. The van der Waals surface area contributed by atoms with Gasteiger partial charge in [0.25, 0.3) is 0 Å². The van der Waals surface area contributed by atoms with Gasteiger partial charge >= 0.3 is 5.97 Å². The van der Waals surface area contributed by atoms with Crippen LogP contribution in [0.15, 0.2) is 54.6 Å². The number of hydrogen-bond acceptors (Lipinski definition) is 4. The summed E-state index contributed by atoms with van der Waals surface area (Å²) in [6.45, 7) is 7.11. The van der Waals surface area contributed by atoms with Gasteiger partial charge in [0, 0.05) is 12.5 Å². The Hall–Kier alpha value is -3.31. The van der Waals surface area contributed by atoms with E-state index in [0.717, 1.165) is 43.1 Å². The first-order chi connectivity index (χ1) is 18.0. The van der Waals surface area contributed by atoms with E-state index < -0.39 is 5.97 Å². The zero-order valence-corrected chi connectivity index (χ0v) is 21.5. The topological polar surface area (TPSA) is 65.0 Å². The summed E-state index contributed by atoms with van der Waals surface area (Å²) in [7, 11) is 0. The lowest BCUT2D eigenvalue weighted by Gasteiger charge is -2.16. The van der Waals surface area contributed by atoms with Gasteiger partial charge in [0.1, 0.15) is 18.1 Å². The molecule has 0 radical (unpaired) electrons. The van der Waals surface area contributed by atoms with Gasteiger partial charge in [0.2, 0.25) is 0 Å². The van der Waals surface area contributed by atoms with Gasteiger partial charge in [0.15, 0.2) is 0 Å². The summed E-state index contributed by atoms with van der Waals surface area (Å²) in [6, 6.07) is 19.0. The molecule has 4 unspecified atom stereocenters. The Morgan fingerprint density at radius 1 is 1.00 bits per heavy atom. The Bertz CT molecular complexity index is 1300. The number of hydrogen-bond donors (Lipinski definition) is 1. The lowest BCUT2D eigenvalue weighted by molar-refractivity contribution is -0.137. The van der Waals surface area contributed by atoms with Gasteiger partial charge in [-0.3, -0.25) is 4.79 Å². The van der Waals surface area contributed by atoms with E-state index in [0.29, 0.717) is 31.0 Å². The maximum atomic E-state index is 11.3. The molecule has 5 heteroatoms. The van der Waals surface area contributed by atoms with E-state index in [2.05, 4.69) is 62.4 Å². The Balaban J connectivity index is 1.14. The first-order valence-electron chi connectivity index (χ1n) is 13.4. The largest absolute Gasteiger partial charge is 0.493 e. The highest BCUT2D eigenvalue weighted by atomic mass is 16.5. The van der Waals surface area contributed by atoms with Crippen LogP contribution >= 0.6 is 0 Å². The molecule has 3 aliphatic rings. The van der Waals surface area contributed by atoms with Crippen LogP contribution < -0.4 is 9.47 Å². The Labute approximate surface area is 218 Å². The third-order valence-electron chi connectivity index (χ3n) is 8.25. The van der Waals surface area contributed by atoms with Crippen LogP contribution in [-0.4, -0.2) is 30.9 Å². The van der Waals surface area contributed by atoms with E-state index in [4.69, 9.17) is 14.2 Å². The van der Waals surface area contributed by atoms with E-state index in [1.165, 1.54) is 33.4 Å². The third kappa shape index (κ3) is 4.97. The monoisotopic (exact) mass is 498 g/mol. The van der Waals surface area contributed by atoms with Gasteiger partial charge in [-0.05, 0) is 114 Å². The average molecular weight is 499 g/mol. The van der Waals surface area contributed by atoms with Crippen molar-refractivity contribution in [3.63, 3.8) is 0 Å². The summed E-state index contributed by atoms with van der Waals surface area (Å²) in [5, 5.41) is 9.28. The molecule has 1 N–H and O–H groups in total. The van der Waals surface area contributed by atoms with E-state index in [1.807, 2.05) is 6.07 Å². The maximum absolute atomic E-state index is 11.3. The third-order valence-corrected chi connectivity index (χ3v) is 8.25. The predicted molar refractivity (Wildman–Crippen MR) is 142 cm³/mol. The van der Waals surface area contributed by atoms with Crippen LogP contribution in [-0.2, 0) is 16.1 Å². The predicted octanol–water partition coefficient (Wildman–Crippen LogP) is 6.64. The van der Waals surface area contributed by atoms with Crippen LogP contribution in [0.1, 0.15) is 58.9 Å². The highest BCUT2D eigenvalue weighted by molar-refractivity contribution is 5.72.